The Labute approximate surface area is 196 Å². The molecule has 1 aromatic carbocycles. The van der Waals surface area contributed by atoms with Gasteiger partial charge in [-0.05, 0) is 77.6 Å². The Bertz CT molecular complexity index is 1060. The average molecular weight is 451 g/mol. The van der Waals surface area contributed by atoms with Crippen molar-refractivity contribution < 1.29 is 19.1 Å². The monoisotopic (exact) mass is 450 g/mol. The minimum atomic E-state index is -0.332. The van der Waals surface area contributed by atoms with Crippen molar-refractivity contribution in [1.82, 2.24) is 4.90 Å². The van der Waals surface area contributed by atoms with Gasteiger partial charge in [-0.25, -0.2) is 9.59 Å². The van der Waals surface area contributed by atoms with E-state index in [1.165, 1.54) is 12.7 Å². The van der Waals surface area contributed by atoms with Gasteiger partial charge in [-0.1, -0.05) is 23.8 Å². The molecule has 1 spiro atoms. The third kappa shape index (κ3) is 3.33. The first-order chi connectivity index (χ1) is 15.8. The first-order valence-corrected chi connectivity index (χ1v) is 12.1. The van der Waals surface area contributed by atoms with E-state index in [2.05, 4.69) is 28.4 Å². The van der Waals surface area contributed by atoms with Crippen molar-refractivity contribution in [3.05, 3.63) is 52.7 Å². The summed E-state index contributed by atoms with van der Waals surface area (Å²) in [7, 11) is 1.46. The van der Waals surface area contributed by atoms with E-state index in [9.17, 15) is 9.59 Å². The molecule has 2 fully saturated rings. The number of rotatable bonds is 4. The van der Waals surface area contributed by atoms with Crippen LogP contribution in [0.5, 0.6) is 0 Å². The molecule has 0 radical (unpaired) electrons. The molecular formula is C27H34N2O4. The average Bonchev–Trinajstić information content (AvgIpc) is 3.16. The van der Waals surface area contributed by atoms with Gasteiger partial charge >= 0.3 is 11.9 Å². The molecule has 1 aromatic rings. The lowest BCUT2D eigenvalue weighted by molar-refractivity contribution is -0.161. The van der Waals surface area contributed by atoms with E-state index in [0.29, 0.717) is 6.42 Å². The third-order valence-electron chi connectivity index (χ3n) is 8.40. The van der Waals surface area contributed by atoms with Crippen LogP contribution < -0.4 is 5.32 Å². The molecule has 0 aromatic heterocycles. The summed E-state index contributed by atoms with van der Waals surface area (Å²) in [4.78, 5) is 28.4. The third-order valence-corrected chi connectivity index (χ3v) is 8.40. The second kappa shape index (κ2) is 8.01. The van der Waals surface area contributed by atoms with E-state index in [1.807, 2.05) is 26.8 Å². The predicted octanol–water partition coefficient (Wildman–Crippen LogP) is 4.22. The Hall–Kier alpha value is -2.60. The first kappa shape index (κ1) is 22.2. The fourth-order valence-corrected chi connectivity index (χ4v) is 7.20. The Morgan fingerprint density at radius 2 is 1.97 bits per heavy atom. The molecule has 6 nitrogen and oxygen atoms in total. The smallest absolute Gasteiger partial charge is 0.335 e. The lowest BCUT2D eigenvalue weighted by Gasteiger charge is -2.60. The van der Waals surface area contributed by atoms with Crippen molar-refractivity contribution in [1.29, 1.82) is 0 Å². The van der Waals surface area contributed by atoms with Crippen LogP contribution in [0.1, 0.15) is 52.0 Å². The number of fused-ring (bicyclic) bond motifs is 1. The molecule has 1 N–H and O–H groups in total. The number of nitrogens with zero attached hydrogens (tertiary/aromatic N) is 1. The minimum absolute atomic E-state index is 0.206. The zero-order chi connectivity index (χ0) is 23.4. The number of methoxy groups -OCH3 is 1. The summed E-state index contributed by atoms with van der Waals surface area (Å²) in [6.45, 7) is 7.85. The summed E-state index contributed by atoms with van der Waals surface area (Å²) in [5.74, 6) is -0.580. The quantitative estimate of drug-likeness (QED) is 0.547. The van der Waals surface area contributed by atoms with Crippen LogP contribution in [0.25, 0.3) is 0 Å². The number of carbonyl (C=O) groups excluding carboxylic acids is 2. The van der Waals surface area contributed by atoms with Crippen LogP contribution in [0.2, 0.25) is 0 Å². The number of piperidine rings is 1. The highest BCUT2D eigenvalue weighted by Crippen LogP contribution is 2.64. The standard InChI is InChI=1S/C27H34N2O4/c1-17(2)14-22(30)33-18(3)26-10-7-12-29-13-11-27(25(26)29)15-19-8-5-6-9-21(19)28-23(27)20(16-26)24(31)32-4/h5-6,8-9,14,18,25,28H,7,10-13,15-16H2,1-4H3/t18?,25?,26-,27-/m0/s1. The molecule has 4 aliphatic rings. The highest BCUT2D eigenvalue weighted by molar-refractivity contribution is 5.91. The van der Waals surface area contributed by atoms with Gasteiger partial charge in [0.15, 0.2) is 0 Å². The normalized spacial score (nSPS) is 30.8. The van der Waals surface area contributed by atoms with Crippen LogP contribution in [0.15, 0.2) is 47.2 Å². The Balaban J connectivity index is 1.66. The zero-order valence-electron chi connectivity index (χ0n) is 20.1. The maximum atomic E-state index is 13.2. The van der Waals surface area contributed by atoms with Crippen molar-refractivity contribution in [2.24, 2.45) is 10.8 Å². The van der Waals surface area contributed by atoms with Crippen LogP contribution in [0.3, 0.4) is 0 Å². The van der Waals surface area contributed by atoms with Gasteiger partial charge in [-0.2, -0.15) is 0 Å². The number of carbonyl (C=O) groups is 2. The lowest BCUT2D eigenvalue weighted by atomic mass is 9.51. The number of hydrogen-bond donors (Lipinski definition) is 1. The van der Waals surface area contributed by atoms with Crippen molar-refractivity contribution in [2.75, 3.05) is 25.5 Å². The maximum Gasteiger partial charge on any atom is 0.335 e. The van der Waals surface area contributed by atoms with E-state index >= 15 is 0 Å². The first-order valence-electron chi connectivity index (χ1n) is 12.1. The zero-order valence-corrected chi connectivity index (χ0v) is 20.1. The largest absolute Gasteiger partial charge is 0.466 e. The maximum absolute atomic E-state index is 13.2. The summed E-state index contributed by atoms with van der Waals surface area (Å²) < 4.78 is 11.4. The highest BCUT2D eigenvalue weighted by atomic mass is 16.5. The number of esters is 2. The molecule has 3 aliphatic heterocycles. The number of nitrogens with one attached hydrogen (secondary N) is 1. The molecule has 0 bridgehead atoms. The van der Waals surface area contributed by atoms with Gasteiger partial charge in [-0.3, -0.25) is 4.90 Å². The molecule has 1 aliphatic carbocycles. The topological polar surface area (TPSA) is 67.9 Å². The van der Waals surface area contributed by atoms with Crippen molar-refractivity contribution in [2.45, 2.75) is 65.0 Å². The summed E-state index contributed by atoms with van der Waals surface area (Å²) in [6, 6.07) is 8.59. The SMILES string of the molecule is COC(=O)C1=C2Nc3ccccc3C[C@@]23CCN2CCC[C@@](C(C)OC(=O)C=C(C)C)(C1)C23. The van der Waals surface area contributed by atoms with Crippen LogP contribution in [0, 0.1) is 10.8 Å². The van der Waals surface area contributed by atoms with Crippen LogP contribution in [-0.4, -0.2) is 49.2 Å². The van der Waals surface area contributed by atoms with E-state index in [4.69, 9.17) is 9.47 Å². The van der Waals surface area contributed by atoms with E-state index < -0.39 is 0 Å². The molecule has 2 unspecified atom stereocenters. The fourth-order valence-electron chi connectivity index (χ4n) is 7.20. The number of benzene rings is 1. The van der Waals surface area contributed by atoms with Crippen LogP contribution in [-0.2, 0) is 25.5 Å². The molecule has 4 atom stereocenters. The van der Waals surface area contributed by atoms with Gasteiger partial charge in [0.05, 0.1) is 12.7 Å². The number of allylic oxidation sites excluding steroid dienone is 1. The van der Waals surface area contributed by atoms with Gasteiger partial charge in [0.1, 0.15) is 6.10 Å². The minimum Gasteiger partial charge on any atom is -0.466 e. The Kier molecular flexibility index (Phi) is 5.39. The van der Waals surface area contributed by atoms with Gasteiger partial charge in [0.25, 0.3) is 0 Å². The number of hydrogen-bond acceptors (Lipinski definition) is 6. The van der Waals surface area contributed by atoms with Crippen LogP contribution in [0.4, 0.5) is 5.69 Å². The number of anilines is 1. The molecule has 176 valence electrons. The number of ether oxygens (including phenoxy) is 2. The van der Waals surface area contributed by atoms with E-state index in [1.54, 1.807) is 6.08 Å². The molecular weight excluding hydrogens is 416 g/mol. The lowest BCUT2D eigenvalue weighted by Crippen LogP contribution is -2.64. The van der Waals surface area contributed by atoms with E-state index in [-0.39, 0.29) is 34.9 Å². The highest BCUT2D eigenvalue weighted by Gasteiger charge is 2.66. The molecule has 6 heteroatoms. The van der Waals surface area contributed by atoms with Crippen molar-refractivity contribution >= 4 is 17.6 Å². The summed E-state index contributed by atoms with van der Waals surface area (Å²) in [6.07, 6.45) is 5.61. The van der Waals surface area contributed by atoms with Gasteiger partial charge in [-0.15, -0.1) is 0 Å². The molecule has 33 heavy (non-hydrogen) atoms. The fraction of sp³-hybridized carbons (Fsp3) is 0.556. The van der Waals surface area contributed by atoms with Gasteiger partial charge in [0, 0.05) is 34.3 Å². The molecule has 2 saturated heterocycles. The van der Waals surface area contributed by atoms with Gasteiger partial charge in [0.2, 0.25) is 0 Å². The van der Waals surface area contributed by atoms with Crippen molar-refractivity contribution in [3.63, 3.8) is 0 Å². The molecule has 5 rings (SSSR count). The predicted molar refractivity (Wildman–Crippen MR) is 126 cm³/mol. The summed E-state index contributed by atoms with van der Waals surface area (Å²) in [5.41, 5.74) is 4.47. The summed E-state index contributed by atoms with van der Waals surface area (Å²) in [5, 5.41) is 3.67. The van der Waals surface area contributed by atoms with E-state index in [0.717, 1.165) is 61.3 Å². The second-order valence-corrected chi connectivity index (χ2v) is 10.5. The Morgan fingerprint density at radius 1 is 1.18 bits per heavy atom. The van der Waals surface area contributed by atoms with Gasteiger partial charge < -0.3 is 14.8 Å². The van der Waals surface area contributed by atoms with Crippen molar-refractivity contribution in [3.8, 4) is 0 Å². The second-order valence-electron chi connectivity index (χ2n) is 10.5. The molecule has 0 amide bonds. The molecule has 0 saturated carbocycles. The molecule has 3 heterocycles. The Morgan fingerprint density at radius 3 is 2.73 bits per heavy atom. The summed E-state index contributed by atoms with van der Waals surface area (Å²) >= 11 is 0. The number of para-hydroxylation sites is 1. The van der Waals surface area contributed by atoms with Crippen LogP contribution >= 0.6 is 0 Å².